The highest BCUT2D eigenvalue weighted by Crippen LogP contribution is 2.47. The molecule has 0 radical (unpaired) electrons. The molecule has 5 heteroatoms. The average Bonchev–Trinajstić information content (AvgIpc) is 3.50. The van der Waals surface area contributed by atoms with E-state index >= 15 is 0 Å². The van der Waals surface area contributed by atoms with Crippen molar-refractivity contribution in [1.29, 1.82) is 0 Å². The molecule has 0 bridgehead atoms. The minimum atomic E-state index is -0.0716. The molecule has 5 nitrogen and oxygen atoms in total. The smallest absolute Gasteiger partial charge is 0.251 e. The molecule has 136 valence electrons. The normalized spacial score (nSPS) is 15.2. The molecule has 1 aliphatic rings. The van der Waals surface area contributed by atoms with Crippen molar-refractivity contribution in [3.63, 3.8) is 0 Å². The van der Waals surface area contributed by atoms with Gasteiger partial charge in [0.15, 0.2) is 5.96 Å². The van der Waals surface area contributed by atoms with Crippen LogP contribution < -0.4 is 16.0 Å². The highest BCUT2D eigenvalue weighted by Gasteiger charge is 2.43. The molecule has 0 aromatic heterocycles. The van der Waals surface area contributed by atoms with Crippen LogP contribution in [0.4, 0.5) is 0 Å². The van der Waals surface area contributed by atoms with E-state index in [0.717, 1.165) is 18.1 Å². The number of guanidine groups is 1. The summed E-state index contributed by atoms with van der Waals surface area (Å²) in [4.78, 5) is 15.9. The summed E-state index contributed by atoms with van der Waals surface area (Å²) in [5.41, 5.74) is 3.41. The van der Waals surface area contributed by atoms with Crippen molar-refractivity contribution >= 4 is 11.9 Å². The molecule has 0 spiro atoms. The van der Waals surface area contributed by atoms with Gasteiger partial charge < -0.3 is 16.0 Å². The average molecular weight is 350 g/mol. The van der Waals surface area contributed by atoms with Gasteiger partial charge >= 0.3 is 0 Å². The summed E-state index contributed by atoms with van der Waals surface area (Å²) >= 11 is 0. The Bertz CT molecular complexity index is 764. The number of nitrogens with zero attached hydrogens (tertiary/aromatic N) is 1. The zero-order chi connectivity index (χ0) is 18.4. The number of aliphatic imine (C=N–C) groups is 1. The second-order valence-electron chi connectivity index (χ2n) is 6.70. The number of hydrogen-bond donors (Lipinski definition) is 3. The highest BCUT2D eigenvalue weighted by molar-refractivity contribution is 5.93. The molecule has 1 saturated carbocycles. The quantitative estimate of drug-likeness (QED) is 0.554. The number of hydrogen-bond acceptors (Lipinski definition) is 2. The zero-order valence-corrected chi connectivity index (χ0v) is 15.4. The van der Waals surface area contributed by atoms with E-state index in [4.69, 9.17) is 0 Å². The maximum Gasteiger partial charge on any atom is 0.251 e. The Morgan fingerprint density at radius 3 is 2.31 bits per heavy atom. The van der Waals surface area contributed by atoms with Crippen molar-refractivity contribution in [3.05, 3.63) is 71.3 Å². The monoisotopic (exact) mass is 350 g/mol. The second-order valence-corrected chi connectivity index (χ2v) is 6.70. The fourth-order valence-corrected chi connectivity index (χ4v) is 3.09. The first-order valence-corrected chi connectivity index (χ1v) is 8.98. The molecular weight excluding hydrogens is 324 g/mol. The molecule has 2 aromatic rings. The molecule has 1 aliphatic carbocycles. The molecule has 3 N–H and O–H groups in total. The molecule has 1 amide bonds. The molecule has 3 rings (SSSR count). The first kappa shape index (κ1) is 18.0. The van der Waals surface area contributed by atoms with Gasteiger partial charge in [-0.1, -0.05) is 42.5 Å². The largest absolute Gasteiger partial charge is 0.356 e. The van der Waals surface area contributed by atoms with Crippen LogP contribution in [0.15, 0.2) is 59.6 Å². The van der Waals surface area contributed by atoms with Crippen LogP contribution in [0.5, 0.6) is 0 Å². The second kappa shape index (κ2) is 8.04. The summed E-state index contributed by atoms with van der Waals surface area (Å²) in [6, 6.07) is 18.3. The lowest BCUT2D eigenvalue weighted by molar-refractivity contribution is 0.0963. The number of nitrogens with one attached hydrogen (secondary N) is 3. The van der Waals surface area contributed by atoms with Crippen molar-refractivity contribution in [1.82, 2.24) is 16.0 Å². The lowest BCUT2D eigenvalue weighted by Crippen LogP contribution is -2.40. The van der Waals surface area contributed by atoms with Crippen LogP contribution in [0.1, 0.15) is 34.3 Å². The number of amides is 1. The molecule has 1 fully saturated rings. The third-order valence-corrected chi connectivity index (χ3v) is 4.96. The maximum absolute atomic E-state index is 11.6. The van der Waals surface area contributed by atoms with Crippen LogP contribution in [0.25, 0.3) is 0 Å². The lowest BCUT2D eigenvalue weighted by atomic mass is 9.96. The summed E-state index contributed by atoms with van der Waals surface area (Å²) in [6.07, 6.45) is 2.42. The molecule has 0 unspecified atom stereocenters. The van der Waals surface area contributed by atoms with Crippen LogP contribution in [0.2, 0.25) is 0 Å². The number of carbonyl (C=O) groups is 1. The molecular formula is C21H26N4O. The molecule has 0 heterocycles. The van der Waals surface area contributed by atoms with Crippen LogP contribution in [-0.4, -0.2) is 32.5 Å². The minimum absolute atomic E-state index is 0.0716. The van der Waals surface area contributed by atoms with Crippen molar-refractivity contribution in [2.75, 3.05) is 20.6 Å². The molecule has 0 saturated heterocycles. The van der Waals surface area contributed by atoms with E-state index < -0.39 is 0 Å². The summed E-state index contributed by atoms with van der Waals surface area (Å²) in [5.74, 6) is 0.722. The number of carbonyl (C=O) groups excluding carboxylic acids is 1. The predicted molar refractivity (Wildman–Crippen MR) is 105 cm³/mol. The van der Waals surface area contributed by atoms with E-state index in [1.165, 1.54) is 18.4 Å². The molecule has 0 atom stereocenters. The van der Waals surface area contributed by atoms with E-state index in [1.54, 1.807) is 14.1 Å². The SMILES string of the molecule is CN=C(NCc1ccc(C(=O)NC)cc1)NCC1(c2ccccc2)CC1. The Hall–Kier alpha value is -2.82. The molecule has 26 heavy (non-hydrogen) atoms. The third-order valence-electron chi connectivity index (χ3n) is 4.96. The van der Waals surface area contributed by atoms with Crippen LogP contribution in [-0.2, 0) is 12.0 Å². The van der Waals surface area contributed by atoms with Crippen LogP contribution >= 0.6 is 0 Å². The van der Waals surface area contributed by atoms with Gasteiger partial charge in [-0.3, -0.25) is 9.79 Å². The number of benzene rings is 2. The standard InChI is InChI=1S/C21H26N4O/c1-22-19(26)17-10-8-16(9-11-17)14-24-20(23-2)25-15-21(12-13-21)18-6-4-3-5-7-18/h3-11H,12-15H2,1-2H3,(H,22,26)(H2,23,24,25). The fraction of sp³-hybridized carbons (Fsp3) is 0.333. The van der Waals surface area contributed by atoms with E-state index in [0.29, 0.717) is 12.1 Å². The van der Waals surface area contributed by atoms with Gasteiger partial charge in [0.2, 0.25) is 0 Å². The first-order valence-electron chi connectivity index (χ1n) is 8.98. The van der Waals surface area contributed by atoms with Gasteiger partial charge in [0.25, 0.3) is 5.91 Å². The topological polar surface area (TPSA) is 65.5 Å². The predicted octanol–water partition coefficient (Wildman–Crippen LogP) is 2.44. The summed E-state index contributed by atoms with van der Waals surface area (Å²) in [5, 5.41) is 9.42. The van der Waals surface area contributed by atoms with Gasteiger partial charge in [0.1, 0.15) is 0 Å². The van der Waals surface area contributed by atoms with E-state index in [2.05, 4.69) is 51.3 Å². The van der Waals surface area contributed by atoms with Gasteiger partial charge in [0.05, 0.1) is 0 Å². The van der Waals surface area contributed by atoms with Crippen molar-refractivity contribution < 1.29 is 4.79 Å². The van der Waals surface area contributed by atoms with Crippen molar-refractivity contribution in [2.24, 2.45) is 4.99 Å². The maximum atomic E-state index is 11.6. The summed E-state index contributed by atoms with van der Waals surface area (Å²) in [7, 11) is 3.42. The van der Waals surface area contributed by atoms with E-state index in [9.17, 15) is 4.79 Å². The van der Waals surface area contributed by atoms with Crippen LogP contribution in [0, 0.1) is 0 Å². The Morgan fingerprint density at radius 2 is 1.73 bits per heavy atom. The fourth-order valence-electron chi connectivity index (χ4n) is 3.09. The molecule has 2 aromatic carbocycles. The summed E-state index contributed by atoms with van der Waals surface area (Å²) < 4.78 is 0. The third kappa shape index (κ3) is 4.23. The van der Waals surface area contributed by atoms with E-state index in [1.807, 2.05) is 24.3 Å². The van der Waals surface area contributed by atoms with Gasteiger partial charge in [-0.2, -0.15) is 0 Å². The Kier molecular flexibility index (Phi) is 5.56. The molecule has 0 aliphatic heterocycles. The Balaban J connectivity index is 1.52. The van der Waals surface area contributed by atoms with Gasteiger partial charge in [-0.15, -0.1) is 0 Å². The van der Waals surface area contributed by atoms with Crippen molar-refractivity contribution in [2.45, 2.75) is 24.8 Å². The van der Waals surface area contributed by atoms with Gasteiger partial charge in [-0.05, 0) is 36.1 Å². The van der Waals surface area contributed by atoms with Gasteiger partial charge in [0, 0.05) is 38.2 Å². The Morgan fingerprint density at radius 1 is 1.04 bits per heavy atom. The van der Waals surface area contributed by atoms with Crippen LogP contribution in [0.3, 0.4) is 0 Å². The zero-order valence-electron chi connectivity index (χ0n) is 15.4. The first-order chi connectivity index (χ1) is 12.7. The lowest BCUT2D eigenvalue weighted by Gasteiger charge is -2.19. The van der Waals surface area contributed by atoms with Gasteiger partial charge in [-0.25, -0.2) is 0 Å². The summed E-state index contributed by atoms with van der Waals surface area (Å²) in [6.45, 7) is 1.54. The van der Waals surface area contributed by atoms with Crippen molar-refractivity contribution in [3.8, 4) is 0 Å². The van der Waals surface area contributed by atoms with E-state index in [-0.39, 0.29) is 11.3 Å². The number of rotatable bonds is 6. The Labute approximate surface area is 154 Å². The minimum Gasteiger partial charge on any atom is -0.356 e. The highest BCUT2D eigenvalue weighted by atomic mass is 16.1.